The number of hydrogen-bond acceptors (Lipinski definition) is 6. The zero-order valence-corrected chi connectivity index (χ0v) is 24.1. The first-order chi connectivity index (χ1) is 18.2. The van der Waals surface area contributed by atoms with Crippen molar-refractivity contribution >= 4 is 26.1 Å². The summed E-state index contributed by atoms with van der Waals surface area (Å²) < 4.78 is 62.5. The molecule has 0 aliphatic heterocycles. The third kappa shape index (κ3) is 7.78. The molecule has 10 heteroatoms. The van der Waals surface area contributed by atoms with E-state index in [0.29, 0.717) is 15.4 Å². The second-order valence-electron chi connectivity index (χ2n) is 10.0. The summed E-state index contributed by atoms with van der Waals surface area (Å²) in [6, 6.07) is 22.6. The Morgan fingerprint density at radius 2 is 1.31 bits per heavy atom. The van der Waals surface area contributed by atoms with Crippen LogP contribution in [0, 0.1) is 0 Å². The van der Waals surface area contributed by atoms with E-state index in [1.54, 1.807) is 87.5 Å². The van der Waals surface area contributed by atoms with Crippen LogP contribution in [0.5, 0.6) is 0 Å². The third-order valence-electron chi connectivity index (χ3n) is 5.84. The molecule has 3 aromatic carbocycles. The molecule has 1 amide bonds. The third-order valence-corrected chi connectivity index (χ3v) is 9.17. The van der Waals surface area contributed by atoms with Gasteiger partial charge in [0.15, 0.2) is 0 Å². The summed E-state index contributed by atoms with van der Waals surface area (Å²) in [5.41, 5.74) is 0.00518. The molecule has 0 unspecified atom stereocenters. The Morgan fingerprint density at radius 3 is 1.79 bits per heavy atom. The van der Waals surface area contributed by atoms with Crippen LogP contribution in [0.1, 0.15) is 45.7 Å². The number of nitrogens with zero attached hydrogens (tertiary/aromatic N) is 1. The molecule has 0 aromatic heterocycles. The molecular formula is C29H34N2O6S2. The summed E-state index contributed by atoms with van der Waals surface area (Å²) in [7, 11) is -8.26. The Hall–Kier alpha value is -3.47. The highest BCUT2D eigenvalue weighted by molar-refractivity contribution is 7.90. The van der Waals surface area contributed by atoms with Gasteiger partial charge in [0.25, 0.3) is 10.0 Å². The second kappa shape index (κ2) is 12.1. The average Bonchev–Trinajstić information content (AvgIpc) is 2.88. The lowest BCUT2D eigenvalue weighted by molar-refractivity contribution is 0.0362. The number of hydrogen-bond donors (Lipinski definition) is 1. The van der Waals surface area contributed by atoms with Crippen molar-refractivity contribution in [2.24, 2.45) is 0 Å². The molecule has 0 aliphatic rings. The van der Waals surface area contributed by atoms with E-state index in [2.05, 4.69) is 11.3 Å². The Morgan fingerprint density at radius 1 is 0.846 bits per heavy atom. The lowest BCUT2D eigenvalue weighted by Gasteiger charge is -2.33. The Kier molecular flexibility index (Phi) is 9.37. The van der Waals surface area contributed by atoms with Gasteiger partial charge in [0, 0.05) is 0 Å². The van der Waals surface area contributed by atoms with Crippen molar-refractivity contribution in [3.05, 3.63) is 109 Å². The minimum absolute atomic E-state index is 0.0147. The molecule has 0 heterocycles. The van der Waals surface area contributed by atoms with E-state index in [1.807, 2.05) is 0 Å². The number of ether oxygens (including phenoxy) is 1. The highest BCUT2D eigenvalue weighted by atomic mass is 32.2. The Labute approximate surface area is 231 Å². The number of carbonyl (C=O) groups excluding carboxylic acids is 1. The first-order valence-corrected chi connectivity index (χ1v) is 15.3. The normalized spacial score (nSPS) is 13.7. The van der Waals surface area contributed by atoms with E-state index in [9.17, 15) is 21.6 Å². The Balaban J connectivity index is 1.98. The van der Waals surface area contributed by atoms with Gasteiger partial charge in [-0.1, -0.05) is 78.9 Å². The van der Waals surface area contributed by atoms with E-state index in [-0.39, 0.29) is 16.2 Å². The van der Waals surface area contributed by atoms with Crippen LogP contribution in [-0.2, 0) is 24.8 Å². The molecule has 0 saturated heterocycles. The van der Waals surface area contributed by atoms with Crippen LogP contribution < -0.4 is 4.72 Å². The molecule has 0 saturated carbocycles. The lowest BCUT2D eigenvalue weighted by Crippen LogP contribution is -2.46. The molecular weight excluding hydrogens is 536 g/mol. The first-order valence-electron chi connectivity index (χ1n) is 12.3. The number of rotatable bonds is 10. The van der Waals surface area contributed by atoms with Gasteiger partial charge in [0.1, 0.15) is 5.60 Å². The SMILES string of the molecule is C=C(C[C@H](NS(=O)(=O)c1ccccc1)c1ccccc1)[C@@H](C)N(C(=O)OC(C)(C)C)S(=O)(=O)c1ccccc1. The molecule has 2 atom stereocenters. The topological polar surface area (TPSA) is 110 Å². The summed E-state index contributed by atoms with van der Waals surface area (Å²) in [6.45, 7) is 10.5. The molecule has 0 bridgehead atoms. The second-order valence-corrected chi connectivity index (χ2v) is 13.6. The summed E-state index contributed by atoms with van der Waals surface area (Å²) in [5, 5.41) is 0. The molecule has 208 valence electrons. The van der Waals surface area contributed by atoms with Gasteiger partial charge in [-0.25, -0.2) is 26.4 Å². The molecule has 0 fully saturated rings. The summed E-state index contributed by atoms with van der Waals surface area (Å²) in [4.78, 5) is 13.3. The van der Waals surface area contributed by atoms with E-state index >= 15 is 0 Å². The molecule has 1 N–H and O–H groups in total. The van der Waals surface area contributed by atoms with Crippen molar-refractivity contribution in [2.75, 3.05) is 0 Å². The van der Waals surface area contributed by atoms with Gasteiger partial charge >= 0.3 is 6.09 Å². The predicted octanol–water partition coefficient (Wildman–Crippen LogP) is 5.67. The van der Waals surface area contributed by atoms with Crippen LogP contribution >= 0.6 is 0 Å². The quantitative estimate of drug-likeness (QED) is 0.315. The fourth-order valence-corrected chi connectivity index (χ4v) is 6.62. The molecule has 8 nitrogen and oxygen atoms in total. The van der Waals surface area contributed by atoms with Crippen molar-refractivity contribution in [1.82, 2.24) is 9.03 Å². The van der Waals surface area contributed by atoms with Crippen LogP contribution in [0.15, 0.2) is 113 Å². The summed E-state index contributed by atoms with van der Waals surface area (Å²) in [5.74, 6) is 0. The maximum atomic E-state index is 13.6. The van der Waals surface area contributed by atoms with E-state index in [0.717, 1.165) is 0 Å². The van der Waals surface area contributed by atoms with Crippen LogP contribution in [0.25, 0.3) is 0 Å². The van der Waals surface area contributed by atoms with Crippen molar-refractivity contribution < 1.29 is 26.4 Å². The maximum absolute atomic E-state index is 13.6. The molecule has 0 spiro atoms. The maximum Gasteiger partial charge on any atom is 0.424 e. The Bertz CT molecular complexity index is 1490. The molecule has 0 aliphatic carbocycles. The summed E-state index contributed by atoms with van der Waals surface area (Å²) in [6.07, 6.45) is -1.04. The van der Waals surface area contributed by atoms with Gasteiger partial charge in [-0.15, -0.1) is 0 Å². The number of carbonyl (C=O) groups is 1. The van der Waals surface area contributed by atoms with Crippen LogP contribution in [-0.4, -0.2) is 38.9 Å². The van der Waals surface area contributed by atoms with Crippen LogP contribution in [0.2, 0.25) is 0 Å². The van der Waals surface area contributed by atoms with Gasteiger partial charge in [0.05, 0.1) is 21.9 Å². The number of benzene rings is 3. The van der Waals surface area contributed by atoms with E-state index in [1.165, 1.54) is 31.2 Å². The fourth-order valence-electron chi connectivity index (χ4n) is 3.84. The molecule has 3 rings (SSSR count). The smallest absolute Gasteiger partial charge is 0.424 e. The number of nitrogens with one attached hydrogen (secondary N) is 1. The highest BCUT2D eigenvalue weighted by Crippen LogP contribution is 2.30. The zero-order chi connectivity index (χ0) is 28.8. The zero-order valence-electron chi connectivity index (χ0n) is 22.4. The minimum Gasteiger partial charge on any atom is -0.443 e. The van der Waals surface area contributed by atoms with Crippen molar-refractivity contribution in [3.63, 3.8) is 0 Å². The standard InChI is InChI=1S/C29H34N2O6S2/c1-22(21-27(24-15-9-6-10-16-24)30-38(33,34)25-17-11-7-12-18-25)23(2)31(28(32)37-29(3,4)5)39(35,36)26-19-13-8-14-20-26/h6-20,23,27,30H,1,21H2,2-5H3/t23-,27+/m1/s1. The first kappa shape index (κ1) is 30.1. The lowest BCUT2D eigenvalue weighted by atomic mass is 9.97. The largest absolute Gasteiger partial charge is 0.443 e. The van der Waals surface area contributed by atoms with E-state index < -0.39 is 43.8 Å². The fraction of sp³-hybridized carbons (Fsp3) is 0.276. The minimum atomic E-state index is -4.34. The number of sulfonamides is 2. The molecule has 39 heavy (non-hydrogen) atoms. The predicted molar refractivity (Wildman–Crippen MR) is 151 cm³/mol. The van der Waals surface area contributed by atoms with Crippen molar-refractivity contribution in [3.8, 4) is 0 Å². The average molecular weight is 571 g/mol. The van der Waals surface area contributed by atoms with Crippen LogP contribution in [0.4, 0.5) is 4.79 Å². The van der Waals surface area contributed by atoms with Gasteiger partial charge in [0.2, 0.25) is 10.0 Å². The van der Waals surface area contributed by atoms with Gasteiger partial charge < -0.3 is 4.74 Å². The number of amides is 1. The van der Waals surface area contributed by atoms with Crippen LogP contribution in [0.3, 0.4) is 0 Å². The highest BCUT2D eigenvalue weighted by Gasteiger charge is 2.38. The molecule has 3 aromatic rings. The van der Waals surface area contributed by atoms with Gasteiger partial charge in [-0.3, -0.25) is 0 Å². The van der Waals surface area contributed by atoms with Gasteiger partial charge in [-0.05, 0) is 63.9 Å². The molecule has 0 radical (unpaired) electrons. The summed E-state index contributed by atoms with van der Waals surface area (Å²) >= 11 is 0. The van der Waals surface area contributed by atoms with Crippen molar-refractivity contribution in [2.45, 2.75) is 61.6 Å². The van der Waals surface area contributed by atoms with Crippen molar-refractivity contribution in [1.29, 1.82) is 0 Å². The monoisotopic (exact) mass is 570 g/mol. The van der Waals surface area contributed by atoms with Gasteiger partial charge in [-0.2, -0.15) is 4.31 Å². The van der Waals surface area contributed by atoms with E-state index in [4.69, 9.17) is 4.74 Å².